The van der Waals surface area contributed by atoms with Crippen LogP contribution in [0.25, 0.3) is 0 Å². The van der Waals surface area contributed by atoms with Gasteiger partial charge in [0.15, 0.2) is 11.4 Å². The zero-order valence-electron chi connectivity index (χ0n) is 29.4. The van der Waals surface area contributed by atoms with Gasteiger partial charge in [-0.15, -0.1) is 0 Å². The minimum absolute atomic E-state index is 0.0720. The number of epoxide rings is 1. The van der Waals surface area contributed by atoms with E-state index >= 15 is 0 Å². The molecule has 0 amide bonds. The lowest BCUT2D eigenvalue weighted by Gasteiger charge is -2.42. The molecule has 4 N–H and O–H groups in total. The number of hydrogen-bond donors (Lipinski definition) is 3. The molecule has 2 saturated carbocycles. The monoisotopic (exact) mass is 681 g/mol. The third-order valence-electron chi connectivity index (χ3n) is 12.6. The van der Waals surface area contributed by atoms with E-state index in [0.717, 1.165) is 75.5 Å². The predicted octanol–water partition coefficient (Wildman–Crippen LogP) is 6.06. The van der Waals surface area contributed by atoms with Crippen LogP contribution in [-0.2, 0) is 19.7 Å². The number of benzene rings is 1. The van der Waals surface area contributed by atoms with Crippen molar-refractivity contribution in [3.05, 3.63) is 82.6 Å². The number of rotatable bonds is 11. The Hall–Kier alpha value is -3.66. The number of allylic oxidation sites excluding steroid dienone is 3. The standard InChI is InChI=1S/C41H51N3O6/c1-3-43-34-20-28-12-6-5-11-27(28)19-29(34)25-49-38(48)41-37(47)33-14-8-7-13-32(33)36(46)40(41,50-41)23-30(24-45)26(2)22-39(16-9-4-10-17-39)31-15-18-44-35(42)21-31/h6-8,12-15,18,21,27-29,34,43,45H,3-5,9-11,16-17,19-20,22-25H2,1-2H3,(H2,42,44)/b30-26-/t27-,28-,29+,34+,40+,41+/m1/s1. The fourth-order valence-corrected chi connectivity index (χ4v) is 9.88. The molecule has 0 spiro atoms. The number of pyridine rings is 1. The molecule has 1 aromatic heterocycles. The van der Waals surface area contributed by atoms with Gasteiger partial charge in [0, 0.05) is 35.7 Å². The third-order valence-corrected chi connectivity index (χ3v) is 12.6. The highest BCUT2D eigenvalue weighted by atomic mass is 16.7. The van der Waals surface area contributed by atoms with Crippen molar-refractivity contribution in [2.45, 2.75) is 107 Å². The van der Waals surface area contributed by atoms with E-state index in [1.165, 1.54) is 0 Å². The summed E-state index contributed by atoms with van der Waals surface area (Å²) in [7, 11) is 0. The molecule has 0 bridgehead atoms. The third kappa shape index (κ3) is 5.85. The molecule has 1 aliphatic heterocycles. The number of hydrogen-bond acceptors (Lipinski definition) is 9. The quantitative estimate of drug-likeness (QED) is 0.112. The molecule has 6 atom stereocenters. The fraction of sp³-hybridized carbons (Fsp3) is 0.561. The number of anilines is 1. The number of nitrogens with one attached hydrogen (secondary N) is 1. The maximum Gasteiger partial charge on any atom is 0.350 e. The zero-order chi connectivity index (χ0) is 35.1. The van der Waals surface area contributed by atoms with E-state index in [4.69, 9.17) is 15.2 Å². The molecule has 4 aliphatic carbocycles. The molecule has 1 saturated heterocycles. The van der Waals surface area contributed by atoms with Crippen LogP contribution in [0.15, 0.2) is 65.9 Å². The minimum Gasteiger partial charge on any atom is -0.463 e. The number of nitrogens with zero attached hydrogens (tertiary/aromatic N) is 1. The lowest BCUT2D eigenvalue weighted by Crippen LogP contribution is -2.52. The number of nitrogens with two attached hydrogens (primary N) is 1. The van der Waals surface area contributed by atoms with Gasteiger partial charge in [-0.3, -0.25) is 9.59 Å². The van der Waals surface area contributed by atoms with Gasteiger partial charge in [-0.05, 0) is 98.9 Å². The predicted molar refractivity (Wildman–Crippen MR) is 191 cm³/mol. The molecule has 266 valence electrons. The lowest BCUT2D eigenvalue weighted by molar-refractivity contribution is -0.150. The first-order valence-corrected chi connectivity index (χ1v) is 18.6. The van der Waals surface area contributed by atoms with E-state index in [1.54, 1.807) is 30.5 Å². The van der Waals surface area contributed by atoms with Gasteiger partial charge >= 0.3 is 5.97 Å². The van der Waals surface area contributed by atoms with Crippen LogP contribution in [0.3, 0.4) is 0 Å². The summed E-state index contributed by atoms with van der Waals surface area (Å²) in [5.74, 6) is -0.170. The van der Waals surface area contributed by atoms with Crippen molar-refractivity contribution in [2.24, 2.45) is 17.8 Å². The van der Waals surface area contributed by atoms with Crippen LogP contribution < -0.4 is 11.1 Å². The number of aliphatic hydroxyl groups excluding tert-OH is 1. The molecule has 7 rings (SSSR count). The molecule has 9 nitrogen and oxygen atoms in total. The highest BCUT2D eigenvalue weighted by Crippen LogP contribution is 2.60. The van der Waals surface area contributed by atoms with Crippen molar-refractivity contribution in [3.8, 4) is 0 Å². The first-order valence-electron chi connectivity index (χ1n) is 18.6. The van der Waals surface area contributed by atoms with E-state index in [0.29, 0.717) is 29.6 Å². The van der Waals surface area contributed by atoms with Crippen LogP contribution in [0.2, 0.25) is 0 Å². The number of aliphatic hydroxyl groups is 1. The second-order valence-electron chi connectivity index (χ2n) is 15.4. The van der Waals surface area contributed by atoms with E-state index < -0.39 is 28.7 Å². The minimum atomic E-state index is -2.08. The molecule has 2 heterocycles. The molecule has 0 radical (unpaired) electrons. The zero-order valence-corrected chi connectivity index (χ0v) is 29.4. The van der Waals surface area contributed by atoms with Crippen molar-refractivity contribution >= 4 is 23.4 Å². The van der Waals surface area contributed by atoms with Crippen LogP contribution in [-0.4, -0.2) is 64.6 Å². The van der Waals surface area contributed by atoms with Crippen LogP contribution in [0, 0.1) is 17.8 Å². The van der Waals surface area contributed by atoms with Crippen LogP contribution >= 0.6 is 0 Å². The molecule has 2 aromatic rings. The average Bonchev–Trinajstić information content (AvgIpc) is 3.84. The highest BCUT2D eigenvalue weighted by Gasteiger charge is 2.85. The number of nitrogen functional groups attached to an aromatic ring is 1. The van der Waals surface area contributed by atoms with E-state index in [-0.39, 0.29) is 48.1 Å². The Morgan fingerprint density at radius 3 is 2.56 bits per heavy atom. The van der Waals surface area contributed by atoms with Gasteiger partial charge < -0.3 is 25.6 Å². The second-order valence-corrected chi connectivity index (χ2v) is 15.4. The number of ketones is 2. The Bertz CT molecular complexity index is 1710. The second kappa shape index (κ2) is 13.8. The molecule has 0 unspecified atom stereocenters. The van der Waals surface area contributed by atoms with Crippen molar-refractivity contribution in [1.82, 2.24) is 10.3 Å². The summed E-state index contributed by atoms with van der Waals surface area (Å²) in [6.07, 6.45) is 16.2. The number of ether oxygens (including phenoxy) is 2. The number of Topliss-reactive ketones (excluding diaryl/α,β-unsaturated/α-hetero) is 2. The molecule has 3 fully saturated rings. The number of carbonyl (C=O) groups is 3. The van der Waals surface area contributed by atoms with Crippen molar-refractivity contribution in [2.75, 3.05) is 25.5 Å². The summed E-state index contributed by atoms with van der Waals surface area (Å²) in [4.78, 5) is 47.2. The molecule has 5 aliphatic rings. The van der Waals surface area contributed by atoms with Gasteiger partial charge in [0.05, 0.1) is 13.2 Å². The molecule has 50 heavy (non-hydrogen) atoms. The number of aromatic nitrogens is 1. The Morgan fingerprint density at radius 2 is 1.84 bits per heavy atom. The normalized spacial score (nSPS) is 31.6. The summed E-state index contributed by atoms with van der Waals surface area (Å²) in [6, 6.07) is 10.7. The van der Waals surface area contributed by atoms with Gasteiger partial charge in [0.2, 0.25) is 5.78 Å². The number of esters is 1. The summed E-state index contributed by atoms with van der Waals surface area (Å²) in [6.45, 7) is 4.68. The van der Waals surface area contributed by atoms with E-state index in [1.807, 2.05) is 19.1 Å². The maximum atomic E-state index is 14.4. The summed E-state index contributed by atoms with van der Waals surface area (Å²) < 4.78 is 12.3. The first kappa shape index (κ1) is 34.8. The van der Waals surface area contributed by atoms with Crippen LogP contribution in [0.4, 0.5) is 5.82 Å². The van der Waals surface area contributed by atoms with Crippen molar-refractivity contribution < 1.29 is 29.0 Å². The topological polar surface area (TPSA) is 144 Å². The summed E-state index contributed by atoms with van der Waals surface area (Å²) in [5, 5.41) is 14.4. The molecular formula is C41H51N3O6. The van der Waals surface area contributed by atoms with Gasteiger partial charge in [-0.1, -0.05) is 68.2 Å². The van der Waals surface area contributed by atoms with Crippen molar-refractivity contribution in [1.29, 1.82) is 0 Å². The van der Waals surface area contributed by atoms with Crippen LogP contribution in [0.1, 0.15) is 111 Å². The first-order chi connectivity index (χ1) is 24.2. The van der Waals surface area contributed by atoms with E-state index in [9.17, 15) is 19.5 Å². The fourth-order valence-electron chi connectivity index (χ4n) is 9.88. The van der Waals surface area contributed by atoms with Crippen molar-refractivity contribution in [3.63, 3.8) is 0 Å². The van der Waals surface area contributed by atoms with Crippen LogP contribution in [0.5, 0.6) is 0 Å². The molecule has 9 heteroatoms. The smallest absolute Gasteiger partial charge is 0.350 e. The lowest BCUT2D eigenvalue weighted by atomic mass is 9.65. The van der Waals surface area contributed by atoms with Gasteiger partial charge in [0.25, 0.3) is 5.60 Å². The maximum absolute atomic E-state index is 14.4. The summed E-state index contributed by atoms with van der Waals surface area (Å²) >= 11 is 0. The van der Waals surface area contributed by atoms with Gasteiger partial charge in [0.1, 0.15) is 5.82 Å². The Kier molecular flexibility index (Phi) is 9.60. The molecular weight excluding hydrogens is 630 g/mol. The average molecular weight is 682 g/mol. The highest BCUT2D eigenvalue weighted by molar-refractivity contribution is 6.32. The number of fused-ring (bicyclic) bond motifs is 3. The summed E-state index contributed by atoms with van der Waals surface area (Å²) in [5.41, 5.74) is 5.11. The Morgan fingerprint density at radius 1 is 1.08 bits per heavy atom. The van der Waals surface area contributed by atoms with Gasteiger partial charge in [-0.2, -0.15) is 0 Å². The van der Waals surface area contributed by atoms with E-state index in [2.05, 4.69) is 29.4 Å². The molecule has 1 aromatic carbocycles. The Labute approximate surface area is 295 Å². The number of carbonyl (C=O) groups excluding carboxylic acids is 3. The largest absolute Gasteiger partial charge is 0.463 e. The SMILES string of the molecule is CCN[C@H]1C[C@H]2C=CCC[C@@H]2C[C@H]1COC(=O)[C@]12O[C@@]1(C/C(CO)=C(\C)CC1(c3ccnc(N)c3)CCCCC1)C(=O)c1ccccc1C2=O. The van der Waals surface area contributed by atoms with Gasteiger partial charge in [-0.25, -0.2) is 9.78 Å². The Balaban J connectivity index is 1.18.